The fraction of sp³-hybridized carbons (Fsp3) is 0.194. The normalized spacial score (nSPS) is 21.9. The molecule has 11 heteroatoms. The lowest BCUT2D eigenvalue weighted by atomic mass is 9.85. The number of amides is 3. The summed E-state index contributed by atoms with van der Waals surface area (Å²) in [6.45, 7) is -0.594. The van der Waals surface area contributed by atoms with E-state index in [9.17, 15) is 24.0 Å². The van der Waals surface area contributed by atoms with Gasteiger partial charge < -0.3 is 4.74 Å². The Labute approximate surface area is 255 Å². The van der Waals surface area contributed by atoms with Gasteiger partial charge in [-0.05, 0) is 72.9 Å². The highest BCUT2D eigenvalue weighted by molar-refractivity contribution is 6.36. The van der Waals surface area contributed by atoms with Gasteiger partial charge in [0.1, 0.15) is 12.3 Å². The zero-order chi connectivity index (χ0) is 29.7. The van der Waals surface area contributed by atoms with Crippen LogP contribution >= 0.6 is 34.8 Å². The van der Waals surface area contributed by atoms with Gasteiger partial charge in [-0.1, -0.05) is 59.1 Å². The van der Waals surface area contributed by atoms with E-state index in [0.29, 0.717) is 5.02 Å². The van der Waals surface area contributed by atoms with Crippen LogP contribution in [-0.4, -0.2) is 46.0 Å². The molecule has 42 heavy (non-hydrogen) atoms. The van der Waals surface area contributed by atoms with Crippen molar-refractivity contribution >= 4 is 64.3 Å². The van der Waals surface area contributed by atoms with Crippen molar-refractivity contribution in [2.24, 2.45) is 23.7 Å². The fourth-order valence-corrected chi connectivity index (χ4v) is 6.59. The molecule has 2 bridgehead atoms. The number of Topliss-reactive ketones (excluding diaryl/α,β-unsaturated/α-hetero) is 1. The molecule has 2 fully saturated rings. The maximum atomic E-state index is 13.7. The molecule has 8 nitrogen and oxygen atoms in total. The monoisotopic (exact) mass is 622 g/mol. The van der Waals surface area contributed by atoms with Crippen LogP contribution in [0.1, 0.15) is 37.5 Å². The molecule has 1 saturated heterocycles. The van der Waals surface area contributed by atoms with Crippen molar-refractivity contribution < 1.29 is 28.7 Å². The van der Waals surface area contributed by atoms with Crippen LogP contribution in [0.5, 0.6) is 5.75 Å². The molecule has 3 aliphatic rings. The lowest BCUT2D eigenvalue weighted by Crippen LogP contribution is -2.52. The van der Waals surface area contributed by atoms with E-state index >= 15 is 0 Å². The summed E-state index contributed by atoms with van der Waals surface area (Å²) in [5.74, 6) is -4.15. The number of rotatable bonds is 7. The third-order valence-corrected chi connectivity index (χ3v) is 8.74. The topological polar surface area (TPSA) is 101 Å². The van der Waals surface area contributed by atoms with Crippen molar-refractivity contribution in [3.8, 4) is 5.75 Å². The zero-order valence-electron chi connectivity index (χ0n) is 21.7. The fourth-order valence-electron chi connectivity index (χ4n) is 5.88. The number of hydrogen-bond acceptors (Lipinski definition) is 6. The summed E-state index contributed by atoms with van der Waals surface area (Å²) in [5, 5.41) is 2.33. The molecule has 0 spiro atoms. The van der Waals surface area contributed by atoms with Crippen LogP contribution in [0.2, 0.25) is 15.1 Å². The summed E-state index contributed by atoms with van der Waals surface area (Å²) in [6.07, 6.45) is 4.61. The summed E-state index contributed by atoms with van der Waals surface area (Å²) in [7, 11) is 0. The van der Waals surface area contributed by atoms with Gasteiger partial charge in [0.15, 0.2) is 5.78 Å². The summed E-state index contributed by atoms with van der Waals surface area (Å²) in [5.41, 5.74) is 0.328. The maximum Gasteiger partial charge on any atom is 0.345 e. The molecule has 0 unspecified atom stereocenters. The molecule has 1 saturated carbocycles. The summed E-state index contributed by atoms with van der Waals surface area (Å²) >= 11 is 18.2. The van der Waals surface area contributed by atoms with Gasteiger partial charge in [-0.2, -0.15) is 5.01 Å². The highest BCUT2D eigenvalue weighted by atomic mass is 35.5. The van der Waals surface area contributed by atoms with Gasteiger partial charge in [0, 0.05) is 10.6 Å². The number of halogens is 3. The zero-order valence-corrected chi connectivity index (χ0v) is 24.0. The number of ether oxygens (including phenoxy) is 1. The summed E-state index contributed by atoms with van der Waals surface area (Å²) in [4.78, 5) is 66.8. The molecular formula is C31H21Cl3N2O6. The van der Waals surface area contributed by atoms with Gasteiger partial charge >= 0.3 is 5.97 Å². The van der Waals surface area contributed by atoms with Crippen LogP contribution in [0, 0.1) is 23.7 Å². The molecule has 3 amide bonds. The molecule has 1 aliphatic heterocycles. The van der Waals surface area contributed by atoms with Crippen molar-refractivity contribution in [2.45, 2.75) is 6.42 Å². The number of carbonyl (C=O) groups is 5. The molecular weight excluding hydrogens is 603 g/mol. The quantitative estimate of drug-likeness (QED) is 0.107. The first-order valence-electron chi connectivity index (χ1n) is 13.1. The number of fused-ring (bicyclic) bond motifs is 5. The minimum absolute atomic E-state index is 0.0499. The van der Waals surface area contributed by atoms with Crippen LogP contribution < -0.4 is 4.74 Å². The third-order valence-electron chi connectivity index (χ3n) is 7.86. The Kier molecular flexibility index (Phi) is 7.39. The van der Waals surface area contributed by atoms with Crippen molar-refractivity contribution in [3.05, 3.63) is 111 Å². The van der Waals surface area contributed by atoms with Crippen LogP contribution in [-0.2, 0) is 9.59 Å². The highest BCUT2D eigenvalue weighted by Gasteiger charge is 2.61. The Morgan fingerprint density at radius 1 is 0.810 bits per heavy atom. The number of ketones is 1. The van der Waals surface area contributed by atoms with Crippen molar-refractivity contribution in [3.63, 3.8) is 0 Å². The van der Waals surface area contributed by atoms with Gasteiger partial charge in [-0.15, -0.1) is 0 Å². The third kappa shape index (κ3) is 4.89. The second-order valence-corrected chi connectivity index (χ2v) is 11.5. The number of allylic oxidation sites excluding steroid dienone is 2. The number of esters is 1. The number of benzene rings is 3. The predicted octanol–water partition coefficient (Wildman–Crippen LogP) is 5.91. The second-order valence-electron chi connectivity index (χ2n) is 10.3. The molecule has 3 aromatic carbocycles. The number of carbonyl (C=O) groups excluding carboxylic acids is 5. The average molecular weight is 624 g/mol. The first-order chi connectivity index (χ1) is 20.1. The standard InChI is InChI=1S/C31H21Cl3N2O6/c32-19-9-12-22(24(34)14-19)31(41)42-20-10-7-16(8-11-20)25(37)15-35(28(38)21-3-1-2-4-23(21)33)36-29(39)26-17-5-6-18(13-17)27(26)30(36)40/h1-12,14,17-18,26-27H,13,15H2/t17-,18-,26+,27+/m0/s1. The number of nitrogens with zero attached hydrogens (tertiary/aromatic N) is 2. The minimum atomic E-state index is -0.749. The van der Waals surface area contributed by atoms with E-state index in [-0.39, 0.29) is 44.3 Å². The van der Waals surface area contributed by atoms with E-state index in [4.69, 9.17) is 39.5 Å². The molecule has 2 aliphatic carbocycles. The van der Waals surface area contributed by atoms with Crippen molar-refractivity contribution in [1.82, 2.24) is 10.0 Å². The van der Waals surface area contributed by atoms with Crippen molar-refractivity contribution in [2.75, 3.05) is 6.54 Å². The first-order valence-corrected chi connectivity index (χ1v) is 14.2. The average Bonchev–Trinajstić information content (AvgIpc) is 3.65. The lowest BCUT2D eigenvalue weighted by molar-refractivity contribution is -0.154. The molecule has 212 valence electrons. The van der Waals surface area contributed by atoms with Crippen LogP contribution in [0.4, 0.5) is 0 Å². The summed E-state index contributed by atoms with van der Waals surface area (Å²) in [6, 6.07) is 16.2. The SMILES string of the molecule is O=C(CN(C(=O)c1ccccc1Cl)N1C(=O)[C@H]2[C@H](C1=O)[C@H]1C=C[C@H]2C1)c1ccc(OC(=O)c2ccc(Cl)cc2Cl)cc1. The largest absolute Gasteiger partial charge is 0.423 e. The maximum absolute atomic E-state index is 13.7. The Bertz CT molecular complexity index is 1660. The molecule has 4 atom stereocenters. The lowest BCUT2D eigenvalue weighted by Gasteiger charge is -2.31. The predicted molar refractivity (Wildman–Crippen MR) is 154 cm³/mol. The van der Waals surface area contributed by atoms with Crippen LogP contribution in [0.15, 0.2) is 78.9 Å². The van der Waals surface area contributed by atoms with E-state index in [0.717, 1.165) is 16.4 Å². The van der Waals surface area contributed by atoms with Gasteiger partial charge in [0.2, 0.25) is 0 Å². The van der Waals surface area contributed by atoms with E-state index in [1.165, 1.54) is 54.6 Å². The van der Waals surface area contributed by atoms with E-state index in [2.05, 4.69) is 0 Å². The van der Waals surface area contributed by atoms with Gasteiger partial charge in [0.05, 0.1) is 33.0 Å². The second kappa shape index (κ2) is 11.0. The Hall–Kier alpha value is -3.98. The van der Waals surface area contributed by atoms with E-state index in [1.54, 1.807) is 12.1 Å². The smallest absolute Gasteiger partial charge is 0.345 e. The molecule has 0 aromatic heterocycles. The van der Waals surface area contributed by atoms with E-state index in [1.807, 2.05) is 12.2 Å². The Balaban J connectivity index is 1.24. The first kappa shape index (κ1) is 28.2. The summed E-state index contributed by atoms with van der Waals surface area (Å²) < 4.78 is 5.36. The van der Waals surface area contributed by atoms with Gasteiger partial charge in [-0.3, -0.25) is 19.2 Å². The molecule has 3 aromatic rings. The van der Waals surface area contributed by atoms with Gasteiger partial charge in [-0.25, -0.2) is 9.80 Å². The molecule has 0 N–H and O–H groups in total. The van der Waals surface area contributed by atoms with Gasteiger partial charge in [0.25, 0.3) is 17.7 Å². The number of hydrogen-bond donors (Lipinski definition) is 0. The Morgan fingerprint density at radius 2 is 1.45 bits per heavy atom. The van der Waals surface area contributed by atoms with E-state index < -0.39 is 47.9 Å². The van der Waals surface area contributed by atoms with Crippen molar-refractivity contribution in [1.29, 1.82) is 0 Å². The van der Waals surface area contributed by atoms with Crippen LogP contribution in [0.3, 0.4) is 0 Å². The highest BCUT2D eigenvalue weighted by Crippen LogP contribution is 2.52. The molecule has 1 heterocycles. The number of hydrazine groups is 1. The van der Waals surface area contributed by atoms with Crippen LogP contribution in [0.25, 0.3) is 0 Å². The molecule has 0 radical (unpaired) electrons. The Morgan fingerprint density at radius 3 is 2.07 bits per heavy atom. The minimum Gasteiger partial charge on any atom is -0.423 e. The number of imide groups is 1. The molecule has 6 rings (SSSR count).